The molecule has 7 heteroatoms. The normalized spacial score (nSPS) is 12.1. The number of aryl methyl sites for hydroxylation is 1. The lowest BCUT2D eigenvalue weighted by atomic mass is 10.4. The Bertz CT molecular complexity index is 334. The minimum atomic E-state index is -4.24. The smallest absolute Gasteiger partial charge is 0.371 e. The van der Waals surface area contributed by atoms with Crippen molar-refractivity contribution in [1.29, 1.82) is 0 Å². The van der Waals surface area contributed by atoms with E-state index >= 15 is 0 Å². The number of nitrogens with one attached hydrogen (secondary N) is 1. The van der Waals surface area contributed by atoms with Crippen LogP contribution in [-0.4, -0.2) is 25.9 Å². The molecule has 0 aliphatic heterocycles. The Hall–Kier alpha value is -0.110. The number of alkyl halides is 3. The minimum Gasteiger partial charge on any atom is -0.371 e. The van der Waals surface area contributed by atoms with Crippen molar-refractivity contribution in [3.05, 3.63) is 20.3 Å². The maximum atomic E-state index is 11.7. The highest BCUT2D eigenvalue weighted by atomic mass is 79.9. The second-order valence-corrected chi connectivity index (χ2v) is 5.66. The van der Waals surface area contributed by atoms with Crippen molar-refractivity contribution in [2.24, 2.45) is 0 Å². The monoisotopic (exact) mass is 331 g/mol. The van der Waals surface area contributed by atoms with Crippen LogP contribution < -0.4 is 5.32 Å². The van der Waals surface area contributed by atoms with Gasteiger partial charge in [0.1, 0.15) is 6.61 Å². The van der Waals surface area contributed by atoms with E-state index in [-0.39, 0.29) is 6.61 Å². The summed E-state index contributed by atoms with van der Waals surface area (Å²) >= 11 is 5.06. The molecule has 0 saturated carbocycles. The van der Waals surface area contributed by atoms with Crippen molar-refractivity contribution in [1.82, 2.24) is 5.32 Å². The van der Waals surface area contributed by atoms with Crippen LogP contribution in [0.15, 0.2) is 10.5 Å². The first-order valence-corrected chi connectivity index (χ1v) is 6.59. The number of hydrogen-bond donors (Lipinski definition) is 1. The molecule has 0 amide bonds. The molecular weight excluding hydrogens is 319 g/mol. The molecule has 0 fully saturated rings. The van der Waals surface area contributed by atoms with Gasteiger partial charge in [-0.2, -0.15) is 13.2 Å². The Morgan fingerprint density at radius 3 is 2.71 bits per heavy atom. The van der Waals surface area contributed by atoms with Gasteiger partial charge in [-0.1, -0.05) is 0 Å². The Morgan fingerprint density at radius 2 is 2.18 bits per heavy atom. The first-order valence-electron chi connectivity index (χ1n) is 4.98. The fourth-order valence-electron chi connectivity index (χ4n) is 1.15. The molecule has 0 bridgehead atoms. The van der Waals surface area contributed by atoms with Crippen LogP contribution in [0.5, 0.6) is 0 Å². The largest absolute Gasteiger partial charge is 0.411 e. The van der Waals surface area contributed by atoms with E-state index < -0.39 is 12.8 Å². The molecule has 1 N–H and O–H groups in total. The summed E-state index contributed by atoms with van der Waals surface area (Å²) in [5.74, 6) is 0. The number of halogens is 4. The molecule has 1 aromatic rings. The summed E-state index contributed by atoms with van der Waals surface area (Å²) < 4.78 is 40.7. The van der Waals surface area contributed by atoms with Crippen LogP contribution in [0.1, 0.15) is 9.75 Å². The number of thiophene rings is 1. The van der Waals surface area contributed by atoms with E-state index in [1.54, 1.807) is 11.3 Å². The molecule has 0 atom stereocenters. The minimum absolute atomic E-state index is 0.0606. The molecular formula is C10H13BrF3NOS. The summed E-state index contributed by atoms with van der Waals surface area (Å²) in [4.78, 5) is 2.33. The predicted molar refractivity (Wildman–Crippen MR) is 65.3 cm³/mol. The van der Waals surface area contributed by atoms with E-state index in [2.05, 4.69) is 26.0 Å². The Morgan fingerprint density at radius 1 is 1.47 bits per heavy atom. The Kier molecular flexibility index (Phi) is 5.91. The molecule has 1 rings (SSSR count). The summed E-state index contributed by atoms with van der Waals surface area (Å²) in [6, 6.07) is 2.00. The van der Waals surface area contributed by atoms with Gasteiger partial charge in [0.2, 0.25) is 0 Å². The van der Waals surface area contributed by atoms with E-state index in [0.29, 0.717) is 13.1 Å². The molecule has 0 spiro atoms. The van der Waals surface area contributed by atoms with Crippen LogP contribution in [0.2, 0.25) is 0 Å². The van der Waals surface area contributed by atoms with E-state index in [9.17, 15) is 13.2 Å². The van der Waals surface area contributed by atoms with Crippen LogP contribution in [0.25, 0.3) is 0 Å². The van der Waals surface area contributed by atoms with Crippen molar-refractivity contribution >= 4 is 27.3 Å². The van der Waals surface area contributed by atoms with Crippen LogP contribution in [0.3, 0.4) is 0 Å². The van der Waals surface area contributed by atoms with Crippen molar-refractivity contribution in [2.45, 2.75) is 19.6 Å². The lowest BCUT2D eigenvalue weighted by molar-refractivity contribution is -0.173. The van der Waals surface area contributed by atoms with Gasteiger partial charge < -0.3 is 10.1 Å². The zero-order valence-corrected chi connectivity index (χ0v) is 11.6. The summed E-state index contributed by atoms with van der Waals surface area (Å²) in [6.07, 6.45) is -4.24. The average Bonchev–Trinajstić information content (AvgIpc) is 2.50. The highest BCUT2D eigenvalue weighted by molar-refractivity contribution is 9.10. The SMILES string of the molecule is Cc1sc(CNCCOCC(F)(F)F)cc1Br. The molecule has 98 valence electrons. The second-order valence-electron chi connectivity index (χ2n) is 3.46. The zero-order valence-electron chi connectivity index (χ0n) is 9.23. The first-order chi connectivity index (χ1) is 7.88. The Balaban J connectivity index is 2.09. The van der Waals surface area contributed by atoms with Crippen LogP contribution in [0, 0.1) is 6.92 Å². The fourth-order valence-corrected chi connectivity index (χ4v) is 2.72. The molecule has 0 radical (unpaired) electrons. The number of ether oxygens (including phenoxy) is 1. The van der Waals surface area contributed by atoms with E-state index in [1.807, 2.05) is 13.0 Å². The van der Waals surface area contributed by atoms with Gasteiger partial charge in [-0.3, -0.25) is 0 Å². The van der Waals surface area contributed by atoms with Gasteiger partial charge in [0, 0.05) is 27.3 Å². The maximum absolute atomic E-state index is 11.7. The molecule has 2 nitrogen and oxygen atoms in total. The molecule has 0 aliphatic rings. The lowest BCUT2D eigenvalue weighted by Gasteiger charge is -2.07. The molecule has 0 aliphatic carbocycles. The van der Waals surface area contributed by atoms with Crippen LogP contribution >= 0.6 is 27.3 Å². The van der Waals surface area contributed by atoms with Gasteiger partial charge in [-0.15, -0.1) is 11.3 Å². The third-order valence-corrected chi connectivity index (χ3v) is 4.03. The standard InChI is InChI=1S/C10H13BrF3NOS/c1-7-9(11)4-8(17-7)5-15-2-3-16-6-10(12,13)14/h4,15H,2-3,5-6H2,1H3. The van der Waals surface area contributed by atoms with E-state index in [0.717, 1.165) is 9.35 Å². The molecule has 1 aromatic heterocycles. The molecule has 0 unspecified atom stereocenters. The average molecular weight is 332 g/mol. The third-order valence-electron chi connectivity index (χ3n) is 1.90. The second kappa shape index (κ2) is 6.72. The topological polar surface area (TPSA) is 21.3 Å². The van der Waals surface area contributed by atoms with Gasteiger partial charge in [-0.25, -0.2) is 0 Å². The molecule has 0 saturated heterocycles. The summed E-state index contributed by atoms with van der Waals surface area (Å²) in [5, 5.41) is 3.03. The van der Waals surface area contributed by atoms with Gasteiger partial charge in [-0.05, 0) is 28.9 Å². The molecule has 1 heterocycles. The van der Waals surface area contributed by atoms with Crippen molar-refractivity contribution < 1.29 is 17.9 Å². The number of hydrogen-bond acceptors (Lipinski definition) is 3. The fraction of sp³-hybridized carbons (Fsp3) is 0.600. The first kappa shape index (κ1) is 14.9. The predicted octanol–water partition coefficient (Wildman–Crippen LogP) is 3.49. The molecule has 0 aromatic carbocycles. The van der Waals surface area contributed by atoms with Crippen LogP contribution in [0.4, 0.5) is 13.2 Å². The summed E-state index contributed by atoms with van der Waals surface area (Å²) in [5.41, 5.74) is 0. The molecule has 17 heavy (non-hydrogen) atoms. The van der Waals surface area contributed by atoms with Gasteiger partial charge in [0.25, 0.3) is 0 Å². The van der Waals surface area contributed by atoms with Gasteiger partial charge in [0.15, 0.2) is 0 Å². The van der Waals surface area contributed by atoms with E-state index in [1.165, 1.54) is 4.88 Å². The highest BCUT2D eigenvalue weighted by Gasteiger charge is 2.27. The number of rotatable bonds is 6. The highest BCUT2D eigenvalue weighted by Crippen LogP contribution is 2.25. The summed E-state index contributed by atoms with van der Waals surface area (Å²) in [7, 11) is 0. The van der Waals surface area contributed by atoms with Gasteiger partial charge >= 0.3 is 6.18 Å². The Labute approximate surface area is 110 Å². The van der Waals surface area contributed by atoms with Crippen molar-refractivity contribution in [3.8, 4) is 0 Å². The van der Waals surface area contributed by atoms with E-state index in [4.69, 9.17) is 0 Å². The lowest BCUT2D eigenvalue weighted by Crippen LogP contribution is -2.23. The van der Waals surface area contributed by atoms with Crippen molar-refractivity contribution in [2.75, 3.05) is 19.8 Å². The summed E-state index contributed by atoms with van der Waals surface area (Å²) in [6.45, 7) is 1.94. The third kappa shape index (κ3) is 6.40. The zero-order chi connectivity index (χ0) is 12.9. The quantitative estimate of drug-likeness (QED) is 0.806. The maximum Gasteiger partial charge on any atom is 0.411 e. The van der Waals surface area contributed by atoms with Gasteiger partial charge in [0.05, 0.1) is 6.61 Å². The van der Waals surface area contributed by atoms with Crippen LogP contribution in [-0.2, 0) is 11.3 Å². The van der Waals surface area contributed by atoms with Crippen molar-refractivity contribution in [3.63, 3.8) is 0 Å².